The number of hydrogen-bond donors (Lipinski definition) is 1. The normalized spacial score (nSPS) is 13.0. The first kappa shape index (κ1) is 25.4. The fourth-order valence-electron chi connectivity index (χ4n) is 2.00. The van der Waals surface area contributed by atoms with Crippen molar-refractivity contribution in [2.75, 3.05) is 0 Å². The van der Waals surface area contributed by atoms with Crippen LogP contribution in [0.15, 0.2) is 46.0 Å². The minimum absolute atomic E-state index is 0.0977. The van der Waals surface area contributed by atoms with Gasteiger partial charge in [0.2, 0.25) is 0 Å². The third-order valence-corrected chi connectivity index (χ3v) is 5.45. The molecule has 2 aromatic rings. The van der Waals surface area contributed by atoms with Gasteiger partial charge in [0.05, 0.1) is 9.78 Å². The highest BCUT2D eigenvalue weighted by atomic mass is 127. The van der Waals surface area contributed by atoms with Crippen LogP contribution < -0.4 is 10.2 Å². The SMILES string of the molecule is FC(F)(F)C(F)(F)C(F)(F)N/N=C\c1cc(I)cc(I)c1OCc1ccc(Br)cc1. The Bertz CT molecular complexity index is 922. The van der Waals surface area contributed by atoms with E-state index in [9.17, 15) is 30.7 Å². The molecule has 0 fully saturated rings. The van der Waals surface area contributed by atoms with E-state index < -0.39 is 18.1 Å². The second-order valence-electron chi connectivity index (χ2n) is 5.74. The molecule has 0 aliphatic heterocycles. The number of alkyl halides is 7. The van der Waals surface area contributed by atoms with E-state index in [1.165, 1.54) is 6.07 Å². The van der Waals surface area contributed by atoms with Crippen molar-refractivity contribution >= 4 is 67.3 Å². The molecule has 0 aliphatic rings. The van der Waals surface area contributed by atoms with Crippen molar-refractivity contribution in [1.29, 1.82) is 0 Å². The molecule has 2 aromatic carbocycles. The molecule has 0 unspecified atom stereocenters. The topological polar surface area (TPSA) is 33.6 Å². The third kappa shape index (κ3) is 6.11. The maximum absolute atomic E-state index is 13.3. The molecule has 0 saturated heterocycles. The molecule has 0 radical (unpaired) electrons. The highest BCUT2D eigenvalue weighted by Gasteiger charge is 2.73. The first-order valence-corrected chi connectivity index (χ1v) is 10.7. The molecule has 0 heterocycles. The number of nitrogens with one attached hydrogen (secondary N) is 1. The minimum Gasteiger partial charge on any atom is -0.487 e. The van der Waals surface area contributed by atoms with Crippen LogP contribution in [0.25, 0.3) is 0 Å². The van der Waals surface area contributed by atoms with Crippen molar-refractivity contribution in [2.24, 2.45) is 5.10 Å². The van der Waals surface area contributed by atoms with Gasteiger partial charge in [0.1, 0.15) is 12.4 Å². The number of hydrazone groups is 1. The zero-order valence-corrected chi connectivity index (χ0v) is 20.3. The Balaban J connectivity index is 2.23. The molecule has 0 aliphatic carbocycles. The number of benzene rings is 2. The zero-order valence-electron chi connectivity index (χ0n) is 14.4. The number of hydrogen-bond acceptors (Lipinski definition) is 3. The largest absolute Gasteiger partial charge is 0.487 e. The summed E-state index contributed by atoms with van der Waals surface area (Å²) in [5.41, 5.74) is 1.50. The fourth-order valence-corrected chi connectivity index (χ4v) is 4.31. The average molecular weight is 725 g/mol. The Hall–Kier alpha value is -0.840. The summed E-state index contributed by atoms with van der Waals surface area (Å²) in [4.78, 5) is 0. The summed E-state index contributed by atoms with van der Waals surface area (Å²) in [7, 11) is 0. The summed E-state index contributed by atoms with van der Waals surface area (Å²) in [6.07, 6.45) is -5.75. The third-order valence-electron chi connectivity index (χ3n) is 3.49. The van der Waals surface area contributed by atoms with Crippen molar-refractivity contribution < 1.29 is 35.5 Å². The standard InChI is InChI=1S/C17H10BrF7I2N2O/c18-11-3-1-9(2-4-11)8-30-14-10(5-12(26)6-13(14)27)7-28-29-17(24,25)15(19,20)16(21,22)23/h1-7,29H,8H2/b28-7-. The van der Waals surface area contributed by atoms with E-state index >= 15 is 0 Å². The van der Waals surface area contributed by atoms with Crippen molar-refractivity contribution in [1.82, 2.24) is 5.43 Å². The second-order valence-corrected chi connectivity index (χ2v) is 9.06. The molecule has 0 aromatic heterocycles. The van der Waals surface area contributed by atoms with E-state index in [4.69, 9.17) is 4.74 Å². The highest BCUT2D eigenvalue weighted by molar-refractivity contribution is 14.1. The van der Waals surface area contributed by atoms with Crippen LogP contribution >= 0.6 is 61.1 Å². The van der Waals surface area contributed by atoms with Gasteiger partial charge in [0, 0.05) is 13.6 Å². The summed E-state index contributed by atoms with van der Waals surface area (Å²) in [6, 6.07) is 4.63. The van der Waals surface area contributed by atoms with Crippen molar-refractivity contribution in [3.05, 3.63) is 59.1 Å². The second kappa shape index (κ2) is 9.75. The summed E-state index contributed by atoms with van der Waals surface area (Å²) in [5.74, 6) is -6.10. The van der Waals surface area contributed by atoms with E-state index in [-0.39, 0.29) is 17.9 Å². The first-order valence-electron chi connectivity index (χ1n) is 7.73. The van der Waals surface area contributed by atoms with Gasteiger partial charge < -0.3 is 4.74 Å². The van der Waals surface area contributed by atoms with Gasteiger partial charge in [-0.25, -0.2) is 5.43 Å². The van der Waals surface area contributed by atoms with Crippen molar-refractivity contribution in [3.8, 4) is 5.75 Å². The number of ether oxygens (including phenoxy) is 1. The predicted octanol–water partition coefficient (Wildman–Crippen LogP) is 6.95. The van der Waals surface area contributed by atoms with Crippen LogP contribution in [0.1, 0.15) is 11.1 Å². The van der Waals surface area contributed by atoms with Gasteiger partial charge in [-0.15, -0.1) is 0 Å². The Morgan fingerprint density at radius 2 is 1.60 bits per heavy atom. The summed E-state index contributed by atoms with van der Waals surface area (Å²) >= 11 is 7.12. The molecule has 1 N–H and O–H groups in total. The van der Waals surface area contributed by atoms with Crippen LogP contribution in [0.3, 0.4) is 0 Å². The van der Waals surface area contributed by atoms with E-state index in [1.54, 1.807) is 30.3 Å². The van der Waals surface area contributed by atoms with E-state index in [0.29, 0.717) is 18.8 Å². The Kier molecular flexibility index (Phi) is 8.26. The summed E-state index contributed by atoms with van der Waals surface area (Å²) in [5, 5.41) is 2.90. The fraction of sp³-hybridized carbons (Fsp3) is 0.235. The lowest BCUT2D eigenvalue weighted by Gasteiger charge is -2.27. The lowest BCUT2D eigenvalue weighted by molar-refractivity contribution is -0.361. The lowest BCUT2D eigenvalue weighted by Crippen LogP contribution is -2.58. The molecule has 30 heavy (non-hydrogen) atoms. The van der Waals surface area contributed by atoms with Crippen LogP contribution in [-0.4, -0.2) is 24.4 Å². The number of nitrogens with zero attached hydrogens (tertiary/aromatic N) is 1. The van der Waals surface area contributed by atoms with Gasteiger partial charge in [-0.1, -0.05) is 28.1 Å². The molecule has 0 atom stereocenters. The predicted molar refractivity (Wildman–Crippen MR) is 117 cm³/mol. The maximum Gasteiger partial charge on any atom is 0.462 e. The molecule has 3 nitrogen and oxygen atoms in total. The van der Waals surface area contributed by atoms with Gasteiger partial charge in [-0.2, -0.15) is 35.8 Å². The molecule has 164 valence electrons. The molecular weight excluding hydrogens is 715 g/mol. The van der Waals surface area contributed by atoms with Crippen LogP contribution in [0.5, 0.6) is 5.75 Å². The maximum atomic E-state index is 13.3. The number of rotatable bonds is 7. The van der Waals surface area contributed by atoms with Crippen molar-refractivity contribution in [2.45, 2.75) is 24.8 Å². The minimum atomic E-state index is -6.45. The molecular formula is C17H10BrF7I2N2O. The summed E-state index contributed by atoms with van der Waals surface area (Å²) < 4.78 is 96.8. The Morgan fingerprint density at radius 1 is 1.00 bits per heavy atom. The van der Waals surface area contributed by atoms with E-state index in [1.807, 2.05) is 45.2 Å². The molecule has 0 bridgehead atoms. The Morgan fingerprint density at radius 3 is 2.17 bits per heavy atom. The zero-order chi connectivity index (χ0) is 22.7. The molecule has 0 spiro atoms. The monoisotopic (exact) mass is 724 g/mol. The summed E-state index contributed by atoms with van der Waals surface area (Å²) in [6.45, 7) is 0.0977. The van der Waals surface area contributed by atoms with E-state index in [0.717, 1.165) is 10.0 Å². The molecule has 2 rings (SSSR count). The molecule has 13 heteroatoms. The van der Waals surface area contributed by atoms with Gasteiger partial charge in [-0.3, -0.25) is 0 Å². The number of halogens is 10. The van der Waals surface area contributed by atoms with Crippen molar-refractivity contribution in [3.63, 3.8) is 0 Å². The Labute approximate surface area is 201 Å². The first-order chi connectivity index (χ1) is 13.7. The van der Waals surface area contributed by atoms with Gasteiger partial charge in [-0.05, 0) is 75.0 Å². The average Bonchev–Trinajstić information content (AvgIpc) is 2.61. The molecule has 0 amide bonds. The molecule has 0 saturated carbocycles. The quantitative estimate of drug-likeness (QED) is 0.110. The highest BCUT2D eigenvalue weighted by Crippen LogP contribution is 2.45. The van der Waals surface area contributed by atoms with Crippen LogP contribution in [0.2, 0.25) is 0 Å². The van der Waals surface area contributed by atoms with Crippen LogP contribution in [0, 0.1) is 7.14 Å². The van der Waals surface area contributed by atoms with E-state index in [2.05, 4.69) is 21.0 Å². The lowest BCUT2D eigenvalue weighted by atomic mass is 10.2. The smallest absolute Gasteiger partial charge is 0.462 e. The van der Waals surface area contributed by atoms with Crippen LogP contribution in [-0.2, 0) is 6.61 Å². The van der Waals surface area contributed by atoms with Gasteiger partial charge in [0.15, 0.2) is 0 Å². The van der Waals surface area contributed by atoms with Gasteiger partial charge in [0.25, 0.3) is 0 Å². The van der Waals surface area contributed by atoms with Gasteiger partial charge >= 0.3 is 18.1 Å². The van der Waals surface area contributed by atoms with Crippen LogP contribution in [0.4, 0.5) is 30.7 Å².